The first-order valence-electron chi connectivity index (χ1n) is 9.53. The first-order chi connectivity index (χ1) is 14.4. The Bertz CT molecular complexity index is 955. The number of hydrogen-bond donors (Lipinski definition) is 1. The van der Waals surface area contributed by atoms with Gasteiger partial charge in [-0.3, -0.25) is 9.69 Å². The van der Waals surface area contributed by atoms with Crippen LogP contribution in [-0.2, 0) is 14.3 Å². The molecule has 3 atom stereocenters. The lowest BCUT2D eigenvalue weighted by atomic mass is 9.99. The van der Waals surface area contributed by atoms with Crippen LogP contribution in [0.1, 0.15) is 37.2 Å². The third-order valence-electron chi connectivity index (χ3n) is 5.20. The van der Waals surface area contributed by atoms with Crippen LogP contribution < -0.4 is 9.47 Å². The van der Waals surface area contributed by atoms with Crippen molar-refractivity contribution < 1.29 is 28.9 Å². The zero-order valence-electron chi connectivity index (χ0n) is 17.4. The zero-order valence-corrected chi connectivity index (χ0v) is 17.4. The van der Waals surface area contributed by atoms with Crippen LogP contribution in [0.15, 0.2) is 60.2 Å². The summed E-state index contributed by atoms with van der Waals surface area (Å²) in [5.74, 6) is -0.447. The van der Waals surface area contributed by atoms with Crippen molar-refractivity contribution in [1.29, 1.82) is 0 Å². The number of carbonyl (C=O) groups excluding carboxylic acids is 1. The van der Waals surface area contributed by atoms with Gasteiger partial charge in [-0.15, -0.1) is 0 Å². The molecule has 0 saturated carbocycles. The van der Waals surface area contributed by atoms with Gasteiger partial charge in [0.25, 0.3) is 5.91 Å². The maximum absolute atomic E-state index is 13.3. The zero-order chi connectivity index (χ0) is 21.8. The Labute approximate surface area is 175 Å². The molecule has 1 unspecified atom stereocenters. The molecule has 0 spiro atoms. The summed E-state index contributed by atoms with van der Waals surface area (Å²) >= 11 is 0. The molecular formula is C23H25NO6. The Kier molecular flexibility index (Phi) is 6.42. The summed E-state index contributed by atoms with van der Waals surface area (Å²) in [4.78, 5) is 26.9. The predicted molar refractivity (Wildman–Crippen MR) is 110 cm³/mol. The van der Waals surface area contributed by atoms with Crippen LogP contribution in [-0.4, -0.2) is 42.2 Å². The van der Waals surface area contributed by atoms with Gasteiger partial charge in [-0.1, -0.05) is 42.5 Å². The van der Waals surface area contributed by atoms with E-state index >= 15 is 0 Å². The van der Waals surface area contributed by atoms with Gasteiger partial charge in [0.15, 0.2) is 23.8 Å². The lowest BCUT2D eigenvalue weighted by Crippen LogP contribution is -2.37. The van der Waals surface area contributed by atoms with E-state index in [1.165, 1.54) is 19.1 Å². The second-order valence-corrected chi connectivity index (χ2v) is 6.90. The number of allylic oxidation sites excluding steroid dienone is 1. The normalized spacial score (nSPS) is 21.4. The van der Waals surface area contributed by atoms with E-state index in [0.717, 1.165) is 0 Å². The molecule has 2 aromatic carbocycles. The molecule has 1 fully saturated rings. The molecule has 1 aliphatic heterocycles. The van der Waals surface area contributed by atoms with E-state index in [-0.39, 0.29) is 5.91 Å². The van der Waals surface area contributed by atoms with E-state index in [1.807, 2.05) is 18.2 Å². The summed E-state index contributed by atoms with van der Waals surface area (Å²) in [5, 5.41) is 9.87. The highest BCUT2D eigenvalue weighted by Gasteiger charge is 2.49. The minimum atomic E-state index is -1.22. The van der Waals surface area contributed by atoms with Crippen LogP contribution in [0.2, 0.25) is 0 Å². The van der Waals surface area contributed by atoms with Crippen LogP contribution in [0.25, 0.3) is 0 Å². The molecule has 1 aliphatic rings. The van der Waals surface area contributed by atoms with Crippen molar-refractivity contribution >= 4 is 11.9 Å². The Morgan fingerprint density at radius 1 is 1.03 bits per heavy atom. The minimum Gasteiger partial charge on any atom is -0.493 e. The first-order valence-corrected chi connectivity index (χ1v) is 9.53. The summed E-state index contributed by atoms with van der Waals surface area (Å²) < 4.78 is 16.6. The molecule has 3 rings (SSSR count). The fraction of sp³-hybridized carbons (Fsp3) is 0.304. The van der Waals surface area contributed by atoms with Crippen molar-refractivity contribution in [1.82, 2.24) is 4.90 Å². The number of methoxy groups -OCH3 is 2. The number of ether oxygens (including phenoxy) is 3. The molecule has 1 amide bonds. The molecule has 0 radical (unpaired) electrons. The molecule has 0 bridgehead atoms. The summed E-state index contributed by atoms with van der Waals surface area (Å²) in [6.07, 6.45) is -0.429. The number of aliphatic carboxylic acids is 1. The van der Waals surface area contributed by atoms with Gasteiger partial charge in [0, 0.05) is 11.1 Å². The summed E-state index contributed by atoms with van der Waals surface area (Å²) in [6, 6.07) is 13.4. The largest absolute Gasteiger partial charge is 0.493 e. The molecular weight excluding hydrogens is 386 g/mol. The SMILES string of the molecule is C/C=C(\C)C(=O)N1C(c2ccc(OC)c(OC)c2)O[C@@H](C(=O)O)[C@@H]1c1ccccc1. The number of carboxylic acids is 1. The van der Waals surface area contributed by atoms with Gasteiger partial charge < -0.3 is 19.3 Å². The summed E-state index contributed by atoms with van der Waals surface area (Å²) in [7, 11) is 3.04. The Morgan fingerprint density at radius 2 is 1.70 bits per heavy atom. The highest BCUT2D eigenvalue weighted by molar-refractivity contribution is 5.94. The molecule has 0 aromatic heterocycles. The average Bonchev–Trinajstić information content (AvgIpc) is 3.19. The molecule has 1 heterocycles. The van der Waals surface area contributed by atoms with Crippen molar-refractivity contribution in [3.05, 3.63) is 71.3 Å². The minimum absolute atomic E-state index is 0.296. The second kappa shape index (κ2) is 9.00. The van der Waals surface area contributed by atoms with E-state index in [4.69, 9.17) is 14.2 Å². The number of hydrogen-bond acceptors (Lipinski definition) is 5. The fourth-order valence-corrected chi connectivity index (χ4v) is 3.55. The van der Waals surface area contributed by atoms with E-state index in [1.54, 1.807) is 50.3 Å². The number of amides is 1. The quantitative estimate of drug-likeness (QED) is 0.729. The summed E-state index contributed by atoms with van der Waals surface area (Å²) in [5.41, 5.74) is 1.77. The molecule has 1 N–H and O–H groups in total. The van der Waals surface area contributed by atoms with Gasteiger partial charge in [0.2, 0.25) is 0 Å². The van der Waals surface area contributed by atoms with Crippen molar-refractivity contribution in [2.45, 2.75) is 32.2 Å². The van der Waals surface area contributed by atoms with Crippen molar-refractivity contribution in [2.75, 3.05) is 14.2 Å². The van der Waals surface area contributed by atoms with Gasteiger partial charge in [0.1, 0.15) is 0 Å². The predicted octanol–water partition coefficient (Wildman–Crippen LogP) is 3.72. The van der Waals surface area contributed by atoms with Gasteiger partial charge in [-0.2, -0.15) is 0 Å². The maximum atomic E-state index is 13.3. The van der Waals surface area contributed by atoms with Gasteiger partial charge in [-0.25, -0.2) is 4.79 Å². The average molecular weight is 411 g/mol. The highest BCUT2D eigenvalue weighted by Crippen LogP contribution is 2.45. The van der Waals surface area contributed by atoms with Crippen LogP contribution in [0.3, 0.4) is 0 Å². The van der Waals surface area contributed by atoms with Crippen LogP contribution >= 0.6 is 0 Å². The third kappa shape index (κ3) is 3.89. The van der Waals surface area contributed by atoms with E-state index in [0.29, 0.717) is 28.2 Å². The van der Waals surface area contributed by atoms with Crippen LogP contribution in [0, 0.1) is 0 Å². The fourth-order valence-electron chi connectivity index (χ4n) is 3.55. The maximum Gasteiger partial charge on any atom is 0.335 e. The van der Waals surface area contributed by atoms with E-state index < -0.39 is 24.3 Å². The van der Waals surface area contributed by atoms with Gasteiger partial charge in [-0.05, 0) is 31.5 Å². The Morgan fingerprint density at radius 3 is 2.27 bits per heavy atom. The molecule has 158 valence electrons. The van der Waals surface area contributed by atoms with Crippen molar-refractivity contribution in [3.8, 4) is 11.5 Å². The topological polar surface area (TPSA) is 85.3 Å². The Hall–Kier alpha value is -3.32. The van der Waals surface area contributed by atoms with Crippen LogP contribution in [0.5, 0.6) is 11.5 Å². The molecule has 2 aromatic rings. The van der Waals surface area contributed by atoms with Crippen molar-refractivity contribution in [3.63, 3.8) is 0 Å². The number of nitrogens with zero attached hydrogens (tertiary/aromatic N) is 1. The molecule has 1 saturated heterocycles. The first kappa shape index (κ1) is 21.4. The smallest absolute Gasteiger partial charge is 0.335 e. The second-order valence-electron chi connectivity index (χ2n) is 6.90. The van der Waals surface area contributed by atoms with E-state index in [2.05, 4.69) is 0 Å². The number of carboxylic acid groups (broad SMARTS) is 1. The Balaban J connectivity index is 2.16. The molecule has 30 heavy (non-hydrogen) atoms. The number of benzene rings is 2. The molecule has 0 aliphatic carbocycles. The van der Waals surface area contributed by atoms with Gasteiger partial charge in [0.05, 0.1) is 20.3 Å². The van der Waals surface area contributed by atoms with Crippen molar-refractivity contribution in [2.24, 2.45) is 0 Å². The highest BCUT2D eigenvalue weighted by atomic mass is 16.6. The summed E-state index contributed by atoms with van der Waals surface area (Å²) in [6.45, 7) is 3.46. The van der Waals surface area contributed by atoms with E-state index in [9.17, 15) is 14.7 Å². The molecule has 7 heteroatoms. The number of carbonyl (C=O) groups is 2. The molecule has 7 nitrogen and oxygen atoms in total. The monoisotopic (exact) mass is 411 g/mol. The van der Waals surface area contributed by atoms with Crippen LogP contribution in [0.4, 0.5) is 0 Å². The number of rotatable bonds is 6. The standard InChI is InChI=1S/C23H25NO6/c1-5-14(2)21(25)24-19(15-9-7-6-8-10-15)20(23(26)27)30-22(24)16-11-12-17(28-3)18(13-16)29-4/h5-13,19-20,22H,1-4H3,(H,26,27)/b14-5+/t19-,20+,22?/m0/s1. The third-order valence-corrected chi connectivity index (χ3v) is 5.20. The van der Waals surface area contributed by atoms with Gasteiger partial charge >= 0.3 is 5.97 Å². The lowest BCUT2D eigenvalue weighted by Gasteiger charge is -2.29. The lowest BCUT2D eigenvalue weighted by molar-refractivity contribution is -0.151.